The molecule has 0 aliphatic carbocycles. The molecule has 1 aromatic carbocycles. The molecule has 0 aliphatic heterocycles. The van der Waals surface area contributed by atoms with Gasteiger partial charge in [0.25, 0.3) is 5.91 Å². The Hall–Kier alpha value is -1.95. The minimum Gasteiger partial charge on any atom is -0.497 e. The highest BCUT2D eigenvalue weighted by atomic mass is 16.5. The maximum Gasteiger partial charge on any atom is 0.253 e. The van der Waals surface area contributed by atoms with Crippen molar-refractivity contribution in [1.29, 1.82) is 0 Å². The topological polar surface area (TPSA) is 93.8 Å². The van der Waals surface area contributed by atoms with Crippen LogP contribution in [-0.2, 0) is 0 Å². The molecular formula is C15H24N2O4. The summed E-state index contributed by atoms with van der Waals surface area (Å²) in [4.78, 5) is 12.4. The van der Waals surface area contributed by atoms with Crippen LogP contribution in [0.4, 0.5) is 5.69 Å². The van der Waals surface area contributed by atoms with Gasteiger partial charge in [-0.3, -0.25) is 4.79 Å². The van der Waals surface area contributed by atoms with Gasteiger partial charge in [-0.05, 0) is 18.4 Å². The second-order valence-electron chi connectivity index (χ2n) is 5.13. The number of aliphatic hydroxyl groups excluding tert-OH is 1. The van der Waals surface area contributed by atoms with Crippen molar-refractivity contribution in [2.24, 2.45) is 5.92 Å². The Kier molecular flexibility index (Phi) is 6.30. The number of rotatable bonds is 7. The minimum absolute atomic E-state index is 0.0139. The van der Waals surface area contributed by atoms with E-state index in [2.05, 4.69) is 5.32 Å². The maximum absolute atomic E-state index is 12.4. The second kappa shape index (κ2) is 7.73. The number of hydrogen-bond donors (Lipinski definition) is 3. The van der Waals surface area contributed by atoms with Crippen LogP contribution in [-0.4, -0.2) is 37.9 Å². The standard InChI is InChI=1S/C15H24N2O4/c1-9(2)12(5-6-18)17-15(19)11-7-10(20-3)8-13(21-4)14(11)16/h7-9,12,18H,5-6,16H2,1-4H3,(H,17,19). The Morgan fingerprint density at radius 1 is 1.33 bits per heavy atom. The lowest BCUT2D eigenvalue weighted by Gasteiger charge is -2.22. The highest BCUT2D eigenvalue weighted by molar-refractivity contribution is 6.01. The third kappa shape index (κ3) is 4.26. The molecule has 118 valence electrons. The van der Waals surface area contributed by atoms with E-state index in [0.29, 0.717) is 23.5 Å². The molecule has 6 nitrogen and oxygen atoms in total. The number of nitrogens with two attached hydrogens (primary N) is 1. The van der Waals surface area contributed by atoms with Crippen LogP contribution in [0, 0.1) is 5.92 Å². The number of anilines is 1. The van der Waals surface area contributed by atoms with Crippen LogP contribution in [0.3, 0.4) is 0 Å². The molecule has 0 bridgehead atoms. The molecule has 0 spiro atoms. The van der Waals surface area contributed by atoms with Crippen LogP contribution in [0.25, 0.3) is 0 Å². The Labute approximate surface area is 125 Å². The van der Waals surface area contributed by atoms with E-state index in [4.69, 9.17) is 20.3 Å². The molecule has 0 fully saturated rings. The summed E-state index contributed by atoms with van der Waals surface area (Å²) in [7, 11) is 2.99. The van der Waals surface area contributed by atoms with Gasteiger partial charge in [-0.25, -0.2) is 0 Å². The summed E-state index contributed by atoms with van der Waals surface area (Å²) < 4.78 is 10.3. The summed E-state index contributed by atoms with van der Waals surface area (Å²) >= 11 is 0. The van der Waals surface area contributed by atoms with E-state index in [1.54, 1.807) is 12.1 Å². The van der Waals surface area contributed by atoms with E-state index >= 15 is 0 Å². The molecule has 0 aliphatic rings. The Bertz CT molecular complexity index is 489. The van der Waals surface area contributed by atoms with E-state index in [1.807, 2.05) is 13.8 Å². The molecule has 0 saturated heterocycles. The zero-order valence-corrected chi connectivity index (χ0v) is 13.0. The Balaban J connectivity index is 3.05. The van der Waals surface area contributed by atoms with Crippen molar-refractivity contribution < 1.29 is 19.4 Å². The lowest BCUT2D eigenvalue weighted by Crippen LogP contribution is -2.39. The van der Waals surface area contributed by atoms with Gasteiger partial charge in [0, 0.05) is 18.7 Å². The van der Waals surface area contributed by atoms with Gasteiger partial charge in [0.1, 0.15) is 11.5 Å². The average Bonchev–Trinajstić information content (AvgIpc) is 2.46. The van der Waals surface area contributed by atoms with E-state index in [1.165, 1.54) is 14.2 Å². The van der Waals surface area contributed by atoms with Gasteiger partial charge in [-0.15, -0.1) is 0 Å². The fourth-order valence-electron chi connectivity index (χ4n) is 2.03. The van der Waals surface area contributed by atoms with E-state index in [0.717, 1.165) is 0 Å². The summed E-state index contributed by atoms with van der Waals surface area (Å²) in [6.07, 6.45) is 0.490. The average molecular weight is 296 g/mol. The van der Waals surface area contributed by atoms with Gasteiger partial charge < -0.3 is 25.6 Å². The van der Waals surface area contributed by atoms with E-state index < -0.39 is 0 Å². The molecule has 1 atom stereocenters. The number of carbonyl (C=O) groups excluding carboxylic acids is 1. The Morgan fingerprint density at radius 2 is 2.00 bits per heavy atom. The number of nitrogen functional groups attached to an aromatic ring is 1. The van der Waals surface area contributed by atoms with Gasteiger partial charge in [-0.2, -0.15) is 0 Å². The van der Waals surface area contributed by atoms with Crippen LogP contribution >= 0.6 is 0 Å². The van der Waals surface area contributed by atoms with Crippen molar-refractivity contribution in [2.45, 2.75) is 26.3 Å². The molecule has 1 aromatic rings. The predicted molar refractivity (Wildman–Crippen MR) is 81.8 cm³/mol. The molecule has 1 rings (SSSR count). The first-order valence-electron chi connectivity index (χ1n) is 6.87. The van der Waals surface area contributed by atoms with Crippen molar-refractivity contribution in [1.82, 2.24) is 5.32 Å². The molecule has 0 saturated carbocycles. The summed E-state index contributed by atoms with van der Waals surface area (Å²) in [6, 6.07) is 3.07. The third-order valence-electron chi connectivity index (χ3n) is 3.38. The molecular weight excluding hydrogens is 272 g/mol. The molecule has 21 heavy (non-hydrogen) atoms. The summed E-state index contributed by atoms with van der Waals surface area (Å²) in [5, 5.41) is 12.0. The smallest absolute Gasteiger partial charge is 0.253 e. The molecule has 0 aromatic heterocycles. The number of carbonyl (C=O) groups is 1. The van der Waals surface area contributed by atoms with Crippen LogP contribution in [0.2, 0.25) is 0 Å². The number of benzene rings is 1. The number of aliphatic hydroxyl groups is 1. The van der Waals surface area contributed by atoms with Crippen molar-refractivity contribution >= 4 is 11.6 Å². The first-order valence-corrected chi connectivity index (χ1v) is 6.87. The fraction of sp³-hybridized carbons (Fsp3) is 0.533. The second-order valence-corrected chi connectivity index (χ2v) is 5.13. The highest BCUT2D eigenvalue weighted by Crippen LogP contribution is 2.31. The van der Waals surface area contributed by atoms with E-state index in [9.17, 15) is 4.79 Å². The third-order valence-corrected chi connectivity index (χ3v) is 3.38. The SMILES string of the molecule is COc1cc(OC)c(N)c(C(=O)NC(CCO)C(C)C)c1. The summed E-state index contributed by atoms with van der Waals surface area (Å²) in [5.74, 6) is 0.781. The van der Waals surface area contributed by atoms with Gasteiger partial charge in [0.15, 0.2) is 0 Å². The number of methoxy groups -OCH3 is 2. The zero-order valence-electron chi connectivity index (χ0n) is 13.0. The lowest BCUT2D eigenvalue weighted by molar-refractivity contribution is 0.0917. The fourth-order valence-corrected chi connectivity index (χ4v) is 2.03. The predicted octanol–water partition coefficient (Wildman–Crippen LogP) is 1.42. The van der Waals surface area contributed by atoms with E-state index in [-0.39, 0.29) is 30.2 Å². The normalized spacial score (nSPS) is 12.1. The monoisotopic (exact) mass is 296 g/mol. The maximum atomic E-state index is 12.4. The van der Waals surface area contributed by atoms with Crippen molar-refractivity contribution in [3.63, 3.8) is 0 Å². The molecule has 1 unspecified atom stereocenters. The number of nitrogens with one attached hydrogen (secondary N) is 1. The first kappa shape index (κ1) is 17.1. The Morgan fingerprint density at radius 3 is 2.48 bits per heavy atom. The van der Waals surface area contributed by atoms with Gasteiger partial charge in [0.05, 0.1) is 25.5 Å². The molecule has 0 heterocycles. The number of hydrogen-bond acceptors (Lipinski definition) is 5. The van der Waals surface area contributed by atoms with Crippen LogP contribution in [0.5, 0.6) is 11.5 Å². The first-order chi connectivity index (χ1) is 9.94. The van der Waals surface area contributed by atoms with Gasteiger partial charge in [-0.1, -0.05) is 13.8 Å². The summed E-state index contributed by atoms with van der Waals surface area (Å²) in [5.41, 5.74) is 6.52. The van der Waals surface area contributed by atoms with Crippen LogP contribution < -0.4 is 20.5 Å². The molecule has 6 heteroatoms. The largest absolute Gasteiger partial charge is 0.497 e. The molecule has 4 N–H and O–H groups in total. The van der Waals surface area contributed by atoms with Crippen molar-refractivity contribution in [3.05, 3.63) is 17.7 Å². The molecule has 0 radical (unpaired) electrons. The lowest BCUT2D eigenvalue weighted by atomic mass is 10.0. The van der Waals surface area contributed by atoms with Crippen LogP contribution in [0.1, 0.15) is 30.6 Å². The zero-order chi connectivity index (χ0) is 16.0. The van der Waals surface area contributed by atoms with Gasteiger partial charge >= 0.3 is 0 Å². The van der Waals surface area contributed by atoms with Gasteiger partial charge in [0.2, 0.25) is 0 Å². The quantitative estimate of drug-likeness (QED) is 0.662. The van der Waals surface area contributed by atoms with Crippen LogP contribution in [0.15, 0.2) is 12.1 Å². The molecule has 1 amide bonds. The van der Waals surface area contributed by atoms with Crippen molar-refractivity contribution in [2.75, 3.05) is 26.6 Å². The highest BCUT2D eigenvalue weighted by Gasteiger charge is 2.20. The number of ether oxygens (including phenoxy) is 2. The minimum atomic E-state index is -0.308. The van der Waals surface area contributed by atoms with Crippen molar-refractivity contribution in [3.8, 4) is 11.5 Å². The summed E-state index contributed by atoms with van der Waals surface area (Å²) in [6.45, 7) is 3.98. The number of amides is 1.